The second kappa shape index (κ2) is 8.26. The zero-order chi connectivity index (χ0) is 24.1. The lowest BCUT2D eigenvalue weighted by molar-refractivity contribution is -0.137. The van der Waals surface area contributed by atoms with Crippen LogP contribution in [0.4, 0.5) is 24.7 Å². The van der Waals surface area contributed by atoms with Crippen molar-refractivity contribution in [1.82, 2.24) is 15.2 Å². The van der Waals surface area contributed by atoms with Gasteiger partial charge in [0.15, 0.2) is 5.82 Å². The van der Waals surface area contributed by atoms with Gasteiger partial charge in [-0.05, 0) is 56.5 Å². The Kier molecular flexibility index (Phi) is 5.50. The quantitative estimate of drug-likeness (QED) is 0.561. The number of anilines is 2. The van der Waals surface area contributed by atoms with Crippen LogP contribution in [-0.4, -0.2) is 46.6 Å². The van der Waals surface area contributed by atoms with Gasteiger partial charge in [-0.1, -0.05) is 0 Å². The second-order valence-corrected chi connectivity index (χ2v) is 9.38. The highest BCUT2D eigenvalue weighted by Crippen LogP contribution is 2.40. The lowest BCUT2D eigenvalue weighted by Crippen LogP contribution is -2.50. The summed E-state index contributed by atoms with van der Waals surface area (Å²) >= 11 is 0. The van der Waals surface area contributed by atoms with Gasteiger partial charge in [-0.3, -0.25) is 4.98 Å². The lowest BCUT2D eigenvalue weighted by Gasteiger charge is -2.47. The average molecular weight is 473 g/mol. The first-order chi connectivity index (χ1) is 16.1. The number of aromatic nitrogens is 3. The highest BCUT2D eigenvalue weighted by Gasteiger charge is 2.41. The fraction of sp³-hybridized carbons (Fsp3) is 0.458. The Morgan fingerprint density at radius 2 is 1.85 bits per heavy atom. The van der Waals surface area contributed by atoms with Crippen LogP contribution in [0.25, 0.3) is 10.9 Å². The third-order valence-electron chi connectivity index (χ3n) is 6.90. The molecule has 4 heterocycles. The molecule has 34 heavy (non-hydrogen) atoms. The zero-order valence-corrected chi connectivity index (χ0v) is 19.0. The Balaban J connectivity index is 1.44. The van der Waals surface area contributed by atoms with Gasteiger partial charge in [-0.2, -0.15) is 18.3 Å². The van der Waals surface area contributed by atoms with Crippen molar-refractivity contribution in [1.29, 1.82) is 0 Å². The number of benzene rings is 1. The number of phenols is 1. The molecule has 2 aliphatic heterocycles. The molecule has 2 saturated heterocycles. The average Bonchev–Trinajstić information content (AvgIpc) is 2.79. The lowest BCUT2D eigenvalue weighted by atomic mass is 9.77. The number of rotatable bonds is 4. The molecule has 2 aromatic heterocycles. The van der Waals surface area contributed by atoms with Crippen LogP contribution in [0.15, 0.2) is 30.5 Å². The summed E-state index contributed by atoms with van der Waals surface area (Å²) in [6.45, 7) is 7.03. The van der Waals surface area contributed by atoms with E-state index in [-0.39, 0.29) is 5.56 Å². The minimum atomic E-state index is -4.55. The Hall–Kier alpha value is -3.14. The van der Waals surface area contributed by atoms with Crippen LogP contribution >= 0.6 is 0 Å². The smallest absolute Gasteiger partial charge is 0.416 e. The van der Waals surface area contributed by atoms with Gasteiger partial charge in [-0.25, -0.2) is 0 Å². The van der Waals surface area contributed by atoms with Crippen molar-refractivity contribution < 1.29 is 23.0 Å². The van der Waals surface area contributed by atoms with Gasteiger partial charge in [0, 0.05) is 23.9 Å². The number of pyridine rings is 1. The first-order valence-corrected chi connectivity index (χ1v) is 11.3. The Bertz CT molecular complexity index is 1220. The van der Waals surface area contributed by atoms with Crippen molar-refractivity contribution in [2.75, 3.05) is 36.5 Å². The van der Waals surface area contributed by atoms with E-state index in [4.69, 9.17) is 4.74 Å². The molecular weight excluding hydrogens is 447 g/mol. The van der Waals surface area contributed by atoms with Crippen molar-refractivity contribution in [3.63, 3.8) is 0 Å². The maximum Gasteiger partial charge on any atom is 0.416 e. The van der Waals surface area contributed by atoms with Crippen LogP contribution in [0.1, 0.15) is 42.6 Å². The third-order valence-corrected chi connectivity index (χ3v) is 6.90. The number of nitrogens with one attached hydrogen (secondary N) is 1. The number of aromatic hydroxyl groups is 1. The summed E-state index contributed by atoms with van der Waals surface area (Å²) in [5.41, 5.74) is 2.03. The van der Waals surface area contributed by atoms with Crippen LogP contribution in [-0.2, 0) is 10.9 Å². The number of alkyl halides is 3. The van der Waals surface area contributed by atoms with Crippen LogP contribution in [0.2, 0.25) is 0 Å². The monoisotopic (exact) mass is 473 g/mol. The predicted molar refractivity (Wildman–Crippen MR) is 122 cm³/mol. The molecule has 1 atom stereocenters. The molecule has 1 spiro atoms. The minimum Gasteiger partial charge on any atom is -0.508 e. The summed E-state index contributed by atoms with van der Waals surface area (Å²) in [5.74, 6) is -0.0118. The third kappa shape index (κ3) is 4.22. The molecule has 0 aliphatic carbocycles. The molecule has 180 valence electrons. The van der Waals surface area contributed by atoms with Gasteiger partial charge < -0.3 is 20.1 Å². The standard InChI is InChI=1S/C24H26F3N5O2/c1-14(16-7-17(24(25,26)27)9-19(33)8-16)29-22-20-10-18(11-28-21(20)15(2)30-31-22)32-5-3-23(4-6-32)12-34-13-23/h7-11,14,33H,3-6,12-13H2,1-2H3,(H,29,31)/t14-/m1/s1. The number of fused-ring (bicyclic) bond motifs is 1. The van der Waals surface area contributed by atoms with Crippen LogP contribution in [0.3, 0.4) is 0 Å². The molecule has 1 aromatic carbocycles. The maximum atomic E-state index is 13.2. The number of hydrogen-bond donors (Lipinski definition) is 2. The van der Waals surface area contributed by atoms with Crippen molar-refractivity contribution >= 4 is 22.4 Å². The number of phenolic OH excluding ortho intramolecular Hbond substituents is 1. The fourth-order valence-electron chi connectivity index (χ4n) is 4.68. The van der Waals surface area contributed by atoms with E-state index in [1.54, 1.807) is 6.92 Å². The van der Waals surface area contributed by atoms with Gasteiger partial charge in [0.2, 0.25) is 0 Å². The van der Waals surface area contributed by atoms with Crippen LogP contribution in [0, 0.1) is 12.3 Å². The fourth-order valence-corrected chi connectivity index (χ4v) is 4.68. The molecule has 0 saturated carbocycles. The van der Waals surface area contributed by atoms with E-state index in [2.05, 4.69) is 25.4 Å². The number of piperidine rings is 1. The molecule has 2 aliphatic rings. The van der Waals surface area contributed by atoms with Crippen LogP contribution < -0.4 is 10.2 Å². The largest absolute Gasteiger partial charge is 0.508 e. The minimum absolute atomic E-state index is 0.288. The van der Waals surface area contributed by atoms with E-state index in [1.165, 1.54) is 6.07 Å². The number of halogens is 3. The molecule has 5 rings (SSSR count). The number of nitrogens with zero attached hydrogens (tertiary/aromatic N) is 4. The van der Waals surface area contributed by atoms with E-state index in [0.29, 0.717) is 28.5 Å². The molecule has 0 amide bonds. The molecule has 0 bridgehead atoms. The van der Waals surface area contributed by atoms with E-state index in [1.807, 2.05) is 19.2 Å². The second-order valence-electron chi connectivity index (χ2n) is 9.38. The summed E-state index contributed by atoms with van der Waals surface area (Å²) in [5, 5.41) is 22.2. The SMILES string of the molecule is Cc1nnc(N[C@H](C)c2cc(O)cc(C(F)(F)F)c2)c2cc(N3CCC4(CC3)COC4)cnc12. The van der Waals surface area contributed by atoms with Gasteiger partial charge in [0.05, 0.1) is 47.9 Å². The van der Waals surface area contributed by atoms with Crippen molar-refractivity contribution in [2.24, 2.45) is 5.41 Å². The van der Waals surface area contributed by atoms with E-state index in [9.17, 15) is 18.3 Å². The van der Waals surface area contributed by atoms with Crippen LogP contribution in [0.5, 0.6) is 5.75 Å². The molecule has 2 fully saturated rings. The summed E-state index contributed by atoms with van der Waals surface area (Å²) < 4.78 is 45.1. The molecule has 7 nitrogen and oxygen atoms in total. The first kappa shape index (κ1) is 22.6. The van der Waals surface area contributed by atoms with Crippen molar-refractivity contribution in [3.8, 4) is 5.75 Å². The van der Waals surface area contributed by atoms with Gasteiger partial charge in [-0.15, -0.1) is 5.10 Å². The molecular formula is C24H26F3N5O2. The number of aryl methyl sites for hydroxylation is 1. The number of ether oxygens (including phenoxy) is 1. The Morgan fingerprint density at radius 1 is 1.12 bits per heavy atom. The Morgan fingerprint density at radius 3 is 2.50 bits per heavy atom. The zero-order valence-electron chi connectivity index (χ0n) is 19.0. The number of hydrogen-bond acceptors (Lipinski definition) is 7. The predicted octanol–water partition coefficient (Wildman–Crippen LogP) is 4.85. The summed E-state index contributed by atoms with van der Waals surface area (Å²) in [4.78, 5) is 6.93. The summed E-state index contributed by atoms with van der Waals surface area (Å²) in [7, 11) is 0. The molecule has 10 heteroatoms. The summed E-state index contributed by atoms with van der Waals surface area (Å²) in [6.07, 6.45) is -0.578. The first-order valence-electron chi connectivity index (χ1n) is 11.3. The van der Waals surface area contributed by atoms with Gasteiger partial charge in [0.25, 0.3) is 0 Å². The van der Waals surface area contributed by atoms with Gasteiger partial charge >= 0.3 is 6.18 Å². The van der Waals surface area contributed by atoms with Crippen molar-refractivity contribution in [2.45, 2.75) is 38.9 Å². The highest BCUT2D eigenvalue weighted by atomic mass is 19.4. The molecule has 2 N–H and O–H groups in total. The van der Waals surface area contributed by atoms with Crippen molar-refractivity contribution in [3.05, 3.63) is 47.3 Å². The van der Waals surface area contributed by atoms with E-state index in [0.717, 1.165) is 56.3 Å². The van der Waals surface area contributed by atoms with E-state index < -0.39 is 23.5 Å². The Labute approximate surface area is 195 Å². The normalized spacial score (nSPS) is 18.7. The molecule has 0 radical (unpaired) electrons. The molecule has 0 unspecified atom stereocenters. The van der Waals surface area contributed by atoms with E-state index >= 15 is 0 Å². The highest BCUT2D eigenvalue weighted by molar-refractivity contribution is 5.92. The summed E-state index contributed by atoms with van der Waals surface area (Å²) in [6, 6.07) is 4.50. The molecule has 3 aromatic rings. The van der Waals surface area contributed by atoms with Gasteiger partial charge in [0.1, 0.15) is 5.75 Å². The topological polar surface area (TPSA) is 83.4 Å². The maximum absolute atomic E-state index is 13.2.